The fraction of sp³-hybridized carbons (Fsp3) is 0.200. The SMILES string of the molecule is COC(=O)c1scc(C)c1N1C(=O)NC(=O)C1=O. The second-order valence-electron chi connectivity index (χ2n) is 3.49. The third kappa shape index (κ3) is 1.66. The summed E-state index contributed by atoms with van der Waals surface area (Å²) in [6.07, 6.45) is 0. The monoisotopic (exact) mass is 268 g/mol. The van der Waals surface area contributed by atoms with Crippen molar-refractivity contribution in [2.75, 3.05) is 12.0 Å². The summed E-state index contributed by atoms with van der Waals surface area (Å²) in [5.41, 5.74) is 0.638. The summed E-state index contributed by atoms with van der Waals surface area (Å²) >= 11 is 1.04. The number of esters is 1. The van der Waals surface area contributed by atoms with E-state index in [1.54, 1.807) is 12.3 Å². The van der Waals surface area contributed by atoms with Crippen molar-refractivity contribution < 1.29 is 23.9 Å². The van der Waals surface area contributed by atoms with Gasteiger partial charge in [-0.2, -0.15) is 0 Å². The molecule has 0 atom stereocenters. The van der Waals surface area contributed by atoms with Gasteiger partial charge in [0.05, 0.1) is 12.8 Å². The molecule has 1 aliphatic heterocycles. The summed E-state index contributed by atoms with van der Waals surface area (Å²) < 4.78 is 4.56. The molecule has 0 aromatic carbocycles. The zero-order chi connectivity index (χ0) is 13.4. The van der Waals surface area contributed by atoms with Crippen LogP contribution >= 0.6 is 11.3 Å². The van der Waals surface area contributed by atoms with Crippen molar-refractivity contribution in [2.24, 2.45) is 0 Å². The number of nitrogens with zero attached hydrogens (tertiary/aromatic N) is 1. The van der Waals surface area contributed by atoms with Crippen LogP contribution in [0.3, 0.4) is 0 Å². The van der Waals surface area contributed by atoms with E-state index in [2.05, 4.69) is 4.74 Å². The summed E-state index contributed by atoms with van der Waals surface area (Å²) in [6, 6.07) is -0.864. The molecule has 1 aromatic rings. The Kier molecular flexibility index (Phi) is 2.87. The van der Waals surface area contributed by atoms with Gasteiger partial charge >= 0.3 is 23.8 Å². The Morgan fingerprint density at radius 2 is 2.06 bits per heavy atom. The Labute approximate surface area is 105 Å². The molecule has 94 valence electrons. The first kappa shape index (κ1) is 12.2. The fourth-order valence-corrected chi connectivity index (χ4v) is 2.51. The highest BCUT2D eigenvalue weighted by molar-refractivity contribution is 7.12. The first-order valence-electron chi connectivity index (χ1n) is 4.83. The van der Waals surface area contributed by atoms with Gasteiger partial charge in [0.1, 0.15) is 4.88 Å². The highest BCUT2D eigenvalue weighted by atomic mass is 32.1. The molecule has 2 rings (SSSR count). The van der Waals surface area contributed by atoms with Crippen molar-refractivity contribution in [1.29, 1.82) is 0 Å². The summed E-state index contributed by atoms with van der Waals surface area (Å²) in [5, 5.41) is 3.47. The van der Waals surface area contributed by atoms with Crippen LogP contribution in [0.15, 0.2) is 5.38 Å². The van der Waals surface area contributed by atoms with Crippen LogP contribution in [0.5, 0.6) is 0 Å². The van der Waals surface area contributed by atoms with Crippen LogP contribution in [-0.4, -0.2) is 30.9 Å². The van der Waals surface area contributed by atoms with E-state index in [9.17, 15) is 19.2 Å². The van der Waals surface area contributed by atoms with Crippen LogP contribution in [-0.2, 0) is 14.3 Å². The van der Waals surface area contributed by atoms with Crippen molar-refractivity contribution >= 4 is 40.8 Å². The molecule has 1 aliphatic rings. The van der Waals surface area contributed by atoms with Crippen LogP contribution in [0.25, 0.3) is 0 Å². The average Bonchev–Trinajstić information content (AvgIpc) is 2.81. The number of nitrogens with one attached hydrogen (secondary N) is 1. The highest BCUT2D eigenvalue weighted by Gasteiger charge is 2.41. The molecule has 1 aromatic heterocycles. The lowest BCUT2D eigenvalue weighted by atomic mass is 10.2. The lowest BCUT2D eigenvalue weighted by Crippen LogP contribution is -2.32. The fourth-order valence-electron chi connectivity index (χ4n) is 1.56. The normalized spacial score (nSPS) is 15.0. The van der Waals surface area contributed by atoms with Gasteiger partial charge in [0.25, 0.3) is 0 Å². The number of hydrogen-bond donors (Lipinski definition) is 1. The number of carbonyl (C=O) groups is 4. The van der Waals surface area contributed by atoms with Crippen LogP contribution in [0.2, 0.25) is 0 Å². The van der Waals surface area contributed by atoms with Gasteiger partial charge in [-0.3, -0.25) is 14.9 Å². The van der Waals surface area contributed by atoms with E-state index >= 15 is 0 Å². The van der Waals surface area contributed by atoms with Crippen molar-refractivity contribution in [2.45, 2.75) is 6.92 Å². The number of ether oxygens (including phenoxy) is 1. The summed E-state index contributed by atoms with van der Waals surface area (Å²) in [5.74, 6) is -2.68. The largest absolute Gasteiger partial charge is 0.465 e. The zero-order valence-corrected chi connectivity index (χ0v) is 10.3. The maximum atomic E-state index is 11.6. The number of thiophene rings is 1. The van der Waals surface area contributed by atoms with E-state index < -0.39 is 23.8 Å². The minimum absolute atomic E-state index is 0.0974. The number of anilines is 1. The van der Waals surface area contributed by atoms with Crippen molar-refractivity contribution in [3.63, 3.8) is 0 Å². The molecule has 0 spiro atoms. The van der Waals surface area contributed by atoms with Crippen molar-refractivity contribution in [3.05, 3.63) is 15.8 Å². The second-order valence-corrected chi connectivity index (χ2v) is 4.37. The number of amides is 4. The Balaban J connectivity index is 2.54. The molecule has 0 saturated carbocycles. The quantitative estimate of drug-likeness (QED) is 0.477. The molecule has 1 N–H and O–H groups in total. The topological polar surface area (TPSA) is 92.8 Å². The van der Waals surface area contributed by atoms with Crippen LogP contribution in [0.4, 0.5) is 10.5 Å². The molecule has 7 nitrogen and oxygen atoms in total. The van der Waals surface area contributed by atoms with E-state index in [1.165, 1.54) is 7.11 Å². The van der Waals surface area contributed by atoms with E-state index in [4.69, 9.17) is 0 Å². The lowest BCUT2D eigenvalue weighted by molar-refractivity contribution is -0.134. The maximum Gasteiger partial charge on any atom is 0.350 e. The zero-order valence-electron chi connectivity index (χ0n) is 9.47. The molecular weight excluding hydrogens is 260 g/mol. The van der Waals surface area contributed by atoms with Gasteiger partial charge in [-0.25, -0.2) is 14.5 Å². The number of imide groups is 2. The Bertz CT molecular complexity index is 577. The van der Waals surface area contributed by atoms with Crippen LogP contribution in [0.1, 0.15) is 15.2 Å². The molecule has 1 fully saturated rings. The molecule has 0 radical (unpaired) electrons. The van der Waals surface area contributed by atoms with Gasteiger partial charge in [0.15, 0.2) is 0 Å². The third-order valence-corrected chi connectivity index (χ3v) is 3.42. The maximum absolute atomic E-state index is 11.6. The first-order chi connectivity index (χ1) is 8.47. The smallest absolute Gasteiger partial charge is 0.350 e. The number of carbonyl (C=O) groups excluding carboxylic acids is 4. The van der Waals surface area contributed by atoms with E-state index in [0.29, 0.717) is 10.5 Å². The minimum atomic E-state index is -1.01. The van der Waals surface area contributed by atoms with Gasteiger partial charge in [-0.1, -0.05) is 0 Å². The molecule has 0 aliphatic carbocycles. The highest BCUT2D eigenvalue weighted by Crippen LogP contribution is 2.33. The molecule has 2 heterocycles. The summed E-state index contributed by atoms with van der Waals surface area (Å²) in [7, 11) is 1.19. The molecule has 0 unspecified atom stereocenters. The Morgan fingerprint density at radius 3 is 2.56 bits per heavy atom. The standard InChI is InChI=1S/C10H8N2O5S/c1-4-3-18-6(9(15)17-2)5(4)12-8(14)7(13)11-10(12)16/h3H,1-2H3,(H,11,13,16). The van der Waals surface area contributed by atoms with Crippen molar-refractivity contribution in [1.82, 2.24) is 5.32 Å². The third-order valence-electron chi connectivity index (χ3n) is 2.36. The number of hydrogen-bond acceptors (Lipinski definition) is 6. The Hall–Kier alpha value is -2.22. The van der Waals surface area contributed by atoms with Crippen LogP contribution in [0, 0.1) is 6.92 Å². The van der Waals surface area contributed by atoms with Gasteiger partial charge in [0.2, 0.25) is 0 Å². The molecule has 8 heteroatoms. The lowest BCUT2D eigenvalue weighted by Gasteiger charge is -2.12. The Morgan fingerprint density at radius 1 is 1.39 bits per heavy atom. The van der Waals surface area contributed by atoms with E-state index in [0.717, 1.165) is 11.3 Å². The molecule has 1 saturated heterocycles. The summed E-state index contributed by atoms with van der Waals surface area (Å²) in [4.78, 5) is 46.5. The van der Waals surface area contributed by atoms with Gasteiger partial charge in [0, 0.05) is 0 Å². The molecule has 18 heavy (non-hydrogen) atoms. The van der Waals surface area contributed by atoms with Gasteiger partial charge in [-0.05, 0) is 17.9 Å². The molecular formula is C10H8N2O5S. The molecule has 4 amide bonds. The van der Waals surface area contributed by atoms with Gasteiger partial charge in [-0.15, -0.1) is 11.3 Å². The molecule has 0 bridgehead atoms. The van der Waals surface area contributed by atoms with Gasteiger partial charge < -0.3 is 4.74 Å². The predicted octanol–water partition coefficient (Wildman–Crippen LogP) is 0.426. The summed E-state index contributed by atoms with van der Waals surface area (Å²) in [6.45, 7) is 1.63. The van der Waals surface area contributed by atoms with E-state index in [-0.39, 0.29) is 10.6 Å². The number of methoxy groups -OCH3 is 1. The van der Waals surface area contributed by atoms with Crippen molar-refractivity contribution in [3.8, 4) is 0 Å². The predicted molar refractivity (Wildman–Crippen MR) is 61.4 cm³/mol. The van der Waals surface area contributed by atoms with Crippen LogP contribution < -0.4 is 10.2 Å². The first-order valence-corrected chi connectivity index (χ1v) is 5.71. The average molecular weight is 268 g/mol. The second kappa shape index (κ2) is 4.22. The minimum Gasteiger partial charge on any atom is -0.465 e. The number of rotatable bonds is 2. The number of urea groups is 1. The van der Waals surface area contributed by atoms with E-state index in [1.807, 2.05) is 5.32 Å². The number of aryl methyl sites for hydroxylation is 1.